The Balaban J connectivity index is 2.36. The minimum Gasteiger partial charge on any atom is -0.458 e. The van der Waals surface area contributed by atoms with Crippen LogP contribution in [0.5, 0.6) is 0 Å². The Bertz CT molecular complexity index is 918. The van der Waals surface area contributed by atoms with Crippen molar-refractivity contribution in [3.05, 3.63) is 23.3 Å². The van der Waals surface area contributed by atoms with Gasteiger partial charge in [0.15, 0.2) is 6.10 Å². The van der Waals surface area contributed by atoms with E-state index in [1.165, 1.54) is 20.8 Å². The lowest BCUT2D eigenvalue weighted by Crippen LogP contribution is -2.63. The van der Waals surface area contributed by atoms with Crippen LogP contribution in [0.3, 0.4) is 0 Å². The predicted molar refractivity (Wildman–Crippen MR) is 123 cm³/mol. The number of ether oxygens (including phenoxy) is 3. The van der Waals surface area contributed by atoms with Crippen molar-refractivity contribution in [1.29, 1.82) is 0 Å². The highest BCUT2D eigenvalue weighted by molar-refractivity contribution is 5.68. The third-order valence-electron chi connectivity index (χ3n) is 8.35. The number of hydrogen-bond acceptors (Lipinski definition) is 8. The number of carbonyl (C=O) groups is 3. The topological polar surface area (TPSA) is 119 Å². The summed E-state index contributed by atoms with van der Waals surface area (Å²) in [5, 5.41) is 22.6. The molecule has 34 heavy (non-hydrogen) atoms. The van der Waals surface area contributed by atoms with E-state index in [4.69, 9.17) is 14.2 Å². The maximum atomic E-state index is 12.3. The number of hydrogen-bond donors (Lipinski definition) is 2. The van der Waals surface area contributed by atoms with Gasteiger partial charge in [-0.1, -0.05) is 27.4 Å². The van der Waals surface area contributed by atoms with E-state index in [1.54, 1.807) is 0 Å². The zero-order valence-corrected chi connectivity index (χ0v) is 21.2. The highest BCUT2D eigenvalue weighted by Gasteiger charge is 2.63. The fourth-order valence-electron chi connectivity index (χ4n) is 6.83. The number of fused-ring (bicyclic) bond motifs is 3. The summed E-state index contributed by atoms with van der Waals surface area (Å²) in [5.41, 5.74) is 0.309. The normalized spacial score (nSPS) is 39.3. The van der Waals surface area contributed by atoms with Crippen LogP contribution in [0.4, 0.5) is 0 Å². The van der Waals surface area contributed by atoms with Crippen LogP contribution in [-0.2, 0) is 28.6 Å². The number of esters is 3. The van der Waals surface area contributed by atoms with Gasteiger partial charge in [-0.2, -0.15) is 0 Å². The number of aliphatic hydroxyl groups excluding tert-OH is 2. The van der Waals surface area contributed by atoms with Crippen molar-refractivity contribution in [2.75, 3.05) is 0 Å². The first-order chi connectivity index (χ1) is 15.6. The van der Waals surface area contributed by atoms with Gasteiger partial charge in [-0.05, 0) is 54.2 Å². The highest BCUT2D eigenvalue weighted by atomic mass is 16.6. The summed E-state index contributed by atoms with van der Waals surface area (Å²) in [7, 11) is 0. The van der Waals surface area contributed by atoms with E-state index in [-0.39, 0.29) is 0 Å². The SMILES string of the molecule is C=C1[C@@H](O)CC[C@@]2(C)[C@@H](OC(C)=O)[C@H](OC(C)=O)C3=C(C)[C@@H](OC(C)=O)C[C@@H]([C@@H](O)[C@H]12)C3(C)C. The minimum atomic E-state index is -0.972. The second-order valence-electron chi connectivity index (χ2n) is 10.9. The Morgan fingerprint density at radius 2 is 1.53 bits per heavy atom. The molecule has 0 radical (unpaired) electrons. The van der Waals surface area contributed by atoms with Gasteiger partial charge in [-0.3, -0.25) is 14.4 Å². The van der Waals surface area contributed by atoms with Crippen molar-refractivity contribution in [1.82, 2.24) is 0 Å². The molecule has 2 N–H and O–H groups in total. The molecule has 0 heterocycles. The van der Waals surface area contributed by atoms with Gasteiger partial charge in [0.25, 0.3) is 0 Å². The van der Waals surface area contributed by atoms with E-state index in [9.17, 15) is 24.6 Å². The first-order valence-corrected chi connectivity index (χ1v) is 11.9. The van der Waals surface area contributed by atoms with E-state index in [0.29, 0.717) is 30.4 Å². The summed E-state index contributed by atoms with van der Waals surface area (Å²) in [6.07, 6.45) is -3.15. The van der Waals surface area contributed by atoms with Gasteiger partial charge in [-0.25, -0.2) is 0 Å². The molecule has 0 aromatic heterocycles. The lowest BCUT2D eigenvalue weighted by atomic mass is 9.49. The Morgan fingerprint density at radius 1 is 0.971 bits per heavy atom. The second kappa shape index (κ2) is 9.11. The molecule has 0 aromatic carbocycles. The fraction of sp³-hybridized carbons (Fsp3) is 0.731. The van der Waals surface area contributed by atoms with Crippen molar-refractivity contribution in [3.8, 4) is 0 Å². The third-order valence-corrected chi connectivity index (χ3v) is 8.35. The first kappa shape index (κ1) is 26.4. The monoisotopic (exact) mass is 478 g/mol. The Labute approximate surface area is 201 Å². The van der Waals surface area contributed by atoms with Gasteiger partial charge in [0, 0.05) is 32.1 Å². The maximum absolute atomic E-state index is 12.3. The molecule has 0 aromatic rings. The Kier molecular flexibility index (Phi) is 7.08. The molecule has 0 amide bonds. The summed E-state index contributed by atoms with van der Waals surface area (Å²) in [6, 6.07) is 0. The quantitative estimate of drug-likeness (QED) is 0.361. The lowest BCUT2D eigenvalue weighted by molar-refractivity contribution is -0.197. The fourth-order valence-corrected chi connectivity index (χ4v) is 6.83. The van der Waals surface area contributed by atoms with Crippen molar-refractivity contribution in [3.63, 3.8) is 0 Å². The number of aliphatic hydroxyl groups is 2. The second-order valence-corrected chi connectivity index (χ2v) is 10.9. The van der Waals surface area contributed by atoms with E-state index >= 15 is 0 Å². The molecule has 3 aliphatic carbocycles. The maximum Gasteiger partial charge on any atom is 0.303 e. The van der Waals surface area contributed by atoms with Gasteiger partial charge < -0.3 is 24.4 Å². The molecular weight excluding hydrogens is 440 g/mol. The van der Waals surface area contributed by atoms with Crippen LogP contribution in [0.15, 0.2) is 23.3 Å². The third kappa shape index (κ3) is 4.31. The van der Waals surface area contributed by atoms with E-state index in [0.717, 1.165) is 5.57 Å². The van der Waals surface area contributed by atoms with Crippen LogP contribution in [0.1, 0.15) is 67.7 Å². The number of carbonyl (C=O) groups excluding carboxylic acids is 3. The van der Waals surface area contributed by atoms with E-state index in [2.05, 4.69) is 6.58 Å². The van der Waals surface area contributed by atoms with Crippen LogP contribution in [0, 0.1) is 22.7 Å². The van der Waals surface area contributed by atoms with Gasteiger partial charge in [0.2, 0.25) is 0 Å². The molecule has 8 atom stereocenters. The van der Waals surface area contributed by atoms with Gasteiger partial charge in [0.05, 0.1) is 12.2 Å². The molecule has 3 aliphatic rings. The van der Waals surface area contributed by atoms with Crippen molar-refractivity contribution in [2.24, 2.45) is 22.7 Å². The van der Waals surface area contributed by atoms with Gasteiger partial charge in [0.1, 0.15) is 12.2 Å². The molecule has 0 spiro atoms. The average Bonchev–Trinajstić information content (AvgIpc) is 2.69. The summed E-state index contributed by atoms with van der Waals surface area (Å²) < 4.78 is 17.4. The molecule has 0 aliphatic heterocycles. The summed E-state index contributed by atoms with van der Waals surface area (Å²) in [6.45, 7) is 15.7. The molecule has 190 valence electrons. The van der Waals surface area contributed by atoms with Gasteiger partial charge in [-0.15, -0.1) is 0 Å². The Morgan fingerprint density at radius 3 is 2.06 bits per heavy atom. The molecule has 0 saturated heterocycles. The molecule has 2 saturated carbocycles. The largest absolute Gasteiger partial charge is 0.458 e. The summed E-state index contributed by atoms with van der Waals surface area (Å²) in [5.74, 6) is -2.59. The Hall–Kier alpha value is -2.19. The molecule has 2 fully saturated rings. The molecule has 3 rings (SSSR count). The van der Waals surface area contributed by atoms with Crippen LogP contribution in [0.25, 0.3) is 0 Å². The number of rotatable bonds is 3. The minimum absolute atomic E-state index is 0.365. The molecular formula is C26H38O8. The molecule has 0 unspecified atom stereocenters. The summed E-state index contributed by atoms with van der Waals surface area (Å²) >= 11 is 0. The highest BCUT2D eigenvalue weighted by Crippen LogP contribution is 2.60. The van der Waals surface area contributed by atoms with Crippen molar-refractivity contribution < 1.29 is 38.8 Å². The first-order valence-electron chi connectivity index (χ1n) is 11.9. The summed E-state index contributed by atoms with van der Waals surface area (Å²) in [4.78, 5) is 36.6. The predicted octanol–water partition coefficient (Wildman–Crippen LogP) is 2.85. The van der Waals surface area contributed by atoms with E-state index in [1.807, 2.05) is 27.7 Å². The van der Waals surface area contributed by atoms with Gasteiger partial charge >= 0.3 is 17.9 Å². The smallest absolute Gasteiger partial charge is 0.303 e. The van der Waals surface area contributed by atoms with E-state index < -0.39 is 71.1 Å². The van der Waals surface area contributed by atoms with Crippen molar-refractivity contribution in [2.45, 2.75) is 98.2 Å². The zero-order valence-electron chi connectivity index (χ0n) is 21.2. The van der Waals surface area contributed by atoms with Crippen LogP contribution in [0.2, 0.25) is 0 Å². The lowest BCUT2D eigenvalue weighted by Gasteiger charge is -2.59. The van der Waals surface area contributed by atoms with Crippen LogP contribution in [-0.4, -0.2) is 58.6 Å². The molecule has 2 bridgehead atoms. The van der Waals surface area contributed by atoms with Crippen LogP contribution < -0.4 is 0 Å². The zero-order chi connectivity index (χ0) is 25.7. The molecule has 8 heteroatoms. The standard InChI is InChI=1S/C26H38O8/c1-12-18(30)9-10-26(8)20(12)22(31)17-11-19(32-14(3)27)13(2)21(25(17,6)7)23(33-15(4)28)24(26)34-16(5)29/h17-20,22-24,30-31H,1,9-11H2,2-8H3/t17-,18-,19-,20-,22+,23+,24-,26+/m0/s1. The van der Waals surface area contributed by atoms with Crippen LogP contribution >= 0.6 is 0 Å². The van der Waals surface area contributed by atoms with Crippen molar-refractivity contribution >= 4 is 17.9 Å². The average molecular weight is 479 g/mol. The molecule has 8 nitrogen and oxygen atoms in total.